The fraction of sp³-hybridized carbons (Fsp3) is 0.424. The van der Waals surface area contributed by atoms with Crippen LogP contribution in [0.25, 0.3) is 0 Å². The van der Waals surface area contributed by atoms with Crippen LogP contribution in [0.5, 0.6) is 11.5 Å². The molecule has 1 amide bonds. The van der Waals surface area contributed by atoms with Crippen LogP contribution in [0.2, 0.25) is 10.0 Å². The summed E-state index contributed by atoms with van der Waals surface area (Å²) in [6.07, 6.45) is 5.12. The van der Waals surface area contributed by atoms with Crippen molar-refractivity contribution in [1.82, 2.24) is 9.21 Å². The molecule has 3 aromatic rings. The normalized spacial score (nSPS) is 17.2. The van der Waals surface area contributed by atoms with Gasteiger partial charge in [-0.05, 0) is 73.9 Å². The Hall–Kier alpha value is -3.56. The van der Waals surface area contributed by atoms with Gasteiger partial charge in [0.1, 0.15) is 22.2 Å². The van der Waals surface area contributed by atoms with Gasteiger partial charge < -0.3 is 24.6 Å². The zero-order valence-corrected chi connectivity index (χ0v) is 29.1. The van der Waals surface area contributed by atoms with Crippen molar-refractivity contribution < 1.29 is 51.5 Å². The van der Waals surface area contributed by atoms with Crippen LogP contribution < -0.4 is 14.5 Å². The van der Waals surface area contributed by atoms with Crippen LogP contribution in [0, 0.1) is 5.92 Å². The number of esters is 1. The molecule has 16 heteroatoms. The molecular weight excluding hydrogens is 707 g/mol. The van der Waals surface area contributed by atoms with E-state index in [4.69, 9.17) is 32.7 Å². The predicted octanol–water partition coefficient (Wildman–Crippen LogP) is 5.79. The number of aromatic amines is 1. The average molecular weight is 745 g/mol. The second-order valence-electron chi connectivity index (χ2n) is 12.0. The van der Waals surface area contributed by atoms with Crippen molar-refractivity contribution in [3.8, 4) is 11.5 Å². The molecule has 0 unspecified atom stereocenters. The molecule has 49 heavy (non-hydrogen) atoms. The number of amides is 1. The monoisotopic (exact) mass is 743 g/mol. The Morgan fingerprint density at radius 2 is 1.73 bits per heavy atom. The molecule has 1 aromatic heterocycles. The number of hydrogen-bond acceptors (Lipinski definition) is 8. The Morgan fingerprint density at radius 3 is 2.39 bits per heavy atom. The Labute approximate surface area is 293 Å². The summed E-state index contributed by atoms with van der Waals surface area (Å²) in [6, 6.07) is 8.74. The first-order valence-electron chi connectivity index (χ1n) is 15.4. The fourth-order valence-electron chi connectivity index (χ4n) is 5.44. The largest absolute Gasteiger partial charge is 0.870 e. The summed E-state index contributed by atoms with van der Waals surface area (Å²) in [6.45, 7) is -2.73. The highest BCUT2D eigenvalue weighted by Gasteiger charge is 2.40. The third kappa shape index (κ3) is 9.37. The Morgan fingerprint density at radius 1 is 1.02 bits per heavy atom. The first-order chi connectivity index (χ1) is 22.8. The zero-order chi connectivity index (χ0) is 34.6. The molecule has 2 aromatic carbocycles. The van der Waals surface area contributed by atoms with E-state index in [-0.39, 0.29) is 62.8 Å². The standard InChI is InChI=1S/C33H35Cl2F2N3O7S.H2O/c1-39(2)31(41)22-6-5-7-23(14-22)48(43,44)40-13-4-3-8-27(40)32(42)46-29(16-24-25(34)17-38-18-26(24)35)21-11-12-28(47-33(36)37)30(15-21)45-19-20-9-10-20;/h5-7,11-12,14-15,17-18,20,27,29,33H,3-4,8-10,13,16,19H2,1-2H3;1H2/t27-,29+;/m1./s1. The van der Waals surface area contributed by atoms with Gasteiger partial charge in [-0.15, -0.1) is 0 Å². The number of H-pyrrole nitrogens is 1. The number of alkyl halides is 2. The molecule has 1 saturated carbocycles. The van der Waals surface area contributed by atoms with Crippen LogP contribution in [-0.4, -0.2) is 74.9 Å². The van der Waals surface area contributed by atoms with E-state index in [1.54, 1.807) is 14.1 Å². The molecule has 1 aliphatic carbocycles. The third-order valence-corrected chi connectivity index (χ3v) is 10.8. The summed E-state index contributed by atoms with van der Waals surface area (Å²) in [5, 5.41) is 0.529. The second-order valence-corrected chi connectivity index (χ2v) is 14.7. The SMILES string of the molecule is CN(C)C(=O)c1cccc(S(=O)(=O)N2CCCC[C@@H]2C(=O)O[C@@H](Cc2c(Cl)c[nH+]cc2Cl)c2ccc(OC(F)F)c(OCC3CC3)c2)c1.[OH-]. The second kappa shape index (κ2) is 16.4. The van der Waals surface area contributed by atoms with E-state index < -0.39 is 34.7 Å². The molecule has 5 rings (SSSR count). The molecule has 0 bridgehead atoms. The van der Waals surface area contributed by atoms with Gasteiger partial charge in [-0.3, -0.25) is 9.59 Å². The van der Waals surface area contributed by atoms with Crippen molar-refractivity contribution >= 4 is 45.1 Å². The molecule has 0 radical (unpaired) electrons. The number of nitrogens with one attached hydrogen (secondary N) is 1. The van der Waals surface area contributed by atoms with Crippen molar-refractivity contribution in [2.75, 3.05) is 27.2 Å². The summed E-state index contributed by atoms with van der Waals surface area (Å²) in [7, 11) is -1.11. The van der Waals surface area contributed by atoms with Crippen LogP contribution >= 0.6 is 23.2 Å². The topological polar surface area (TPSA) is 147 Å². The van der Waals surface area contributed by atoms with E-state index in [1.165, 1.54) is 59.8 Å². The highest BCUT2D eigenvalue weighted by molar-refractivity contribution is 7.89. The van der Waals surface area contributed by atoms with Gasteiger partial charge in [-0.1, -0.05) is 35.3 Å². The molecule has 2 atom stereocenters. The lowest BCUT2D eigenvalue weighted by Gasteiger charge is -2.34. The van der Waals surface area contributed by atoms with Gasteiger partial charge in [0.05, 0.1) is 11.5 Å². The quantitative estimate of drug-likeness (QED) is 0.200. The van der Waals surface area contributed by atoms with E-state index in [9.17, 15) is 26.8 Å². The Balaban J connectivity index is 0.00000541. The molecule has 1 aliphatic heterocycles. The van der Waals surface area contributed by atoms with Gasteiger partial charge in [-0.2, -0.15) is 13.1 Å². The van der Waals surface area contributed by atoms with Crippen molar-refractivity contribution in [3.63, 3.8) is 0 Å². The Bertz CT molecular complexity index is 1740. The van der Waals surface area contributed by atoms with Crippen LogP contribution in [0.4, 0.5) is 8.78 Å². The smallest absolute Gasteiger partial charge is 0.387 e. The lowest BCUT2D eigenvalue weighted by atomic mass is 10.0. The van der Waals surface area contributed by atoms with Gasteiger partial charge >= 0.3 is 12.6 Å². The lowest BCUT2D eigenvalue weighted by Crippen LogP contribution is -2.48. The van der Waals surface area contributed by atoms with E-state index in [0.29, 0.717) is 36.5 Å². The maximum absolute atomic E-state index is 14.0. The van der Waals surface area contributed by atoms with Crippen molar-refractivity contribution in [2.45, 2.75) is 62.2 Å². The summed E-state index contributed by atoms with van der Waals surface area (Å²) >= 11 is 12.9. The highest BCUT2D eigenvalue weighted by atomic mass is 35.5. The van der Waals surface area contributed by atoms with Crippen LogP contribution in [0.1, 0.15) is 59.7 Å². The van der Waals surface area contributed by atoms with Crippen molar-refractivity contribution in [3.05, 3.63) is 81.6 Å². The first kappa shape index (κ1) is 38.2. The van der Waals surface area contributed by atoms with Crippen LogP contribution in [-0.2, 0) is 26.0 Å². The number of rotatable bonds is 13. The number of halogens is 4. The number of aromatic nitrogens is 1. The minimum atomic E-state index is -4.24. The van der Waals surface area contributed by atoms with E-state index in [2.05, 4.69) is 9.72 Å². The summed E-state index contributed by atoms with van der Waals surface area (Å²) in [5.74, 6) is -1.00. The third-order valence-electron chi connectivity index (χ3n) is 8.19. The van der Waals surface area contributed by atoms with Crippen LogP contribution in [0.3, 0.4) is 0 Å². The number of hydrogen-bond donors (Lipinski definition) is 0. The van der Waals surface area contributed by atoms with Gasteiger partial charge in [0.2, 0.25) is 10.0 Å². The maximum atomic E-state index is 14.0. The number of carbonyl (C=O) groups is 2. The summed E-state index contributed by atoms with van der Waals surface area (Å²) in [4.78, 5) is 30.6. The van der Waals surface area contributed by atoms with Gasteiger partial charge in [0.25, 0.3) is 5.91 Å². The average Bonchev–Trinajstić information content (AvgIpc) is 3.89. The number of benzene rings is 2. The number of carbonyl (C=O) groups excluding carboxylic acids is 2. The minimum Gasteiger partial charge on any atom is -0.870 e. The Kier molecular flexibility index (Phi) is 12.8. The van der Waals surface area contributed by atoms with E-state index >= 15 is 0 Å². The molecule has 2 aliphatic rings. The van der Waals surface area contributed by atoms with Gasteiger partial charge in [0, 0.05) is 38.2 Å². The number of nitrogens with zero attached hydrogens (tertiary/aromatic N) is 2. The molecule has 2 N–H and O–H groups in total. The predicted molar refractivity (Wildman–Crippen MR) is 175 cm³/mol. The zero-order valence-electron chi connectivity index (χ0n) is 26.8. The highest BCUT2D eigenvalue weighted by Crippen LogP contribution is 2.38. The van der Waals surface area contributed by atoms with Crippen LogP contribution in [0.15, 0.2) is 59.8 Å². The lowest BCUT2D eigenvalue weighted by molar-refractivity contribution is -0.377. The molecule has 2 fully saturated rings. The number of piperidine rings is 1. The molecule has 266 valence electrons. The summed E-state index contributed by atoms with van der Waals surface area (Å²) < 4.78 is 72.1. The van der Waals surface area contributed by atoms with Crippen molar-refractivity contribution in [1.29, 1.82) is 0 Å². The van der Waals surface area contributed by atoms with E-state index in [1.807, 2.05) is 0 Å². The first-order valence-corrected chi connectivity index (χ1v) is 17.6. The molecule has 2 heterocycles. The van der Waals surface area contributed by atoms with E-state index in [0.717, 1.165) is 17.1 Å². The molecule has 0 spiro atoms. The maximum Gasteiger partial charge on any atom is 0.387 e. The number of ether oxygens (including phenoxy) is 3. The van der Waals surface area contributed by atoms with Gasteiger partial charge in [-0.25, -0.2) is 13.4 Å². The molecular formula is C33H37Cl2F2N3O8S. The number of sulfonamides is 1. The number of pyridine rings is 1. The molecule has 1 saturated heterocycles. The van der Waals surface area contributed by atoms with Gasteiger partial charge in [0.15, 0.2) is 23.9 Å². The minimum absolute atomic E-state index is 0. The summed E-state index contributed by atoms with van der Waals surface area (Å²) in [5.41, 5.74) is 1.000. The fourth-order valence-corrected chi connectivity index (χ4v) is 7.66. The molecule has 11 nitrogen and oxygen atoms in total. The van der Waals surface area contributed by atoms with Crippen molar-refractivity contribution in [2.24, 2.45) is 5.92 Å².